The molecule has 43 heavy (non-hydrogen) atoms. The molecule has 0 saturated carbocycles. The summed E-state index contributed by atoms with van der Waals surface area (Å²) in [5.41, 5.74) is 1.19. The van der Waals surface area contributed by atoms with E-state index in [1.165, 1.54) is 35.8 Å². The monoisotopic (exact) mass is 621 g/mol. The Morgan fingerprint density at radius 2 is 1.88 bits per heavy atom. The number of rotatable bonds is 6. The van der Waals surface area contributed by atoms with Crippen molar-refractivity contribution in [3.05, 3.63) is 92.0 Å². The van der Waals surface area contributed by atoms with Crippen LogP contribution in [-0.4, -0.2) is 21.1 Å². The number of nitriles is 1. The predicted molar refractivity (Wildman–Crippen MR) is 161 cm³/mol. The molecule has 4 aromatic rings. The smallest absolute Gasteiger partial charge is 0.258 e. The first kappa shape index (κ1) is 30.4. The van der Waals surface area contributed by atoms with Crippen molar-refractivity contribution in [2.45, 2.75) is 56.3 Å². The second-order valence-corrected chi connectivity index (χ2v) is 13.3. The molecule has 0 bridgehead atoms. The first-order valence-corrected chi connectivity index (χ1v) is 15.0. The van der Waals surface area contributed by atoms with E-state index >= 15 is 0 Å². The van der Waals surface area contributed by atoms with Crippen molar-refractivity contribution >= 4 is 40.0 Å². The van der Waals surface area contributed by atoms with Gasteiger partial charge in [-0.3, -0.25) is 10.1 Å². The van der Waals surface area contributed by atoms with Crippen LogP contribution in [0.5, 0.6) is 0 Å². The number of hydrogen-bond acceptors (Lipinski definition) is 8. The van der Waals surface area contributed by atoms with E-state index < -0.39 is 16.8 Å². The molecule has 2 aromatic heterocycles. The van der Waals surface area contributed by atoms with Crippen molar-refractivity contribution < 1.29 is 18.1 Å². The van der Waals surface area contributed by atoms with E-state index in [1.807, 2.05) is 0 Å². The lowest BCUT2D eigenvalue weighted by Gasteiger charge is -2.33. The number of thiophene rings is 1. The number of nitrogens with zero attached hydrogens (tertiary/aromatic N) is 5. The van der Waals surface area contributed by atoms with Crippen LogP contribution < -0.4 is 0 Å². The normalized spacial score (nSPS) is 15.3. The van der Waals surface area contributed by atoms with Gasteiger partial charge in [-0.1, -0.05) is 51.1 Å². The molecule has 220 valence electrons. The highest BCUT2D eigenvalue weighted by atomic mass is 32.2. The Morgan fingerprint density at radius 1 is 1.14 bits per heavy atom. The van der Waals surface area contributed by atoms with Crippen LogP contribution in [0.4, 0.5) is 23.9 Å². The highest BCUT2D eigenvalue weighted by Gasteiger charge is 2.34. The summed E-state index contributed by atoms with van der Waals surface area (Å²) < 4.78 is 41.3. The van der Waals surface area contributed by atoms with Gasteiger partial charge in [0.15, 0.2) is 5.16 Å². The summed E-state index contributed by atoms with van der Waals surface area (Å²) in [4.78, 5) is 25.2. The summed E-state index contributed by atoms with van der Waals surface area (Å²) in [6.07, 6.45) is -0.693. The first-order valence-electron chi connectivity index (χ1n) is 13.4. The number of fused-ring (bicyclic) bond motifs is 1. The molecule has 2 heterocycles. The van der Waals surface area contributed by atoms with E-state index in [2.05, 4.69) is 41.8 Å². The fourth-order valence-electron chi connectivity index (χ4n) is 4.96. The van der Waals surface area contributed by atoms with E-state index in [9.17, 15) is 28.5 Å². The summed E-state index contributed by atoms with van der Waals surface area (Å²) >= 11 is 2.29. The quantitative estimate of drug-likeness (QED) is 0.0921. The van der Waals surface area contributed by atoms with Gasteiger partial charge in [0.05, 0.1) is 16.2 Å². The van der Waals surface area contributed by atoms with Crippen molar-refractivity contribution in [1.82, 2.24) is 9.97 Å². The molecular weight excluding hydrogens is 596 g/mol. The van der Waals surface area contributed by atoms with Gasteiger partial charge in [-0.2, -0.15) is 18.4 Å². The summed E-state index contributed by atoms with van der Waals surface area (Å²) in [5.74, 6) is 0.468. The minimum atomic E-state index is -4.71. The summed E-state index contributed by atoms with van der Waals surface area (Å²) in [7, 11) is 0. The van der Waals surface area contributed by atoms with E-state index in [0.29, 0.717) is 32.5 Å². The number of halogens is 3. The molecule has 7 nitrogen and oxygen atoms in total. The molecule has 1 atom stereocenters. The Labute approximate surface area is 254 Å². The molecule has 1 aliphatic rings. The maximum absolute atomic E-state index is 13.8. The van der Waals surface area contributed by atoms with Crippen LogP contribution in [0.2, 0.25) is 0 Å². The van der Waals surface area contributed by atoms with Crippen molar-refractivity contribution in [3.63, 3.8) is 0 Å². The molecule has 0 unspecified atom stereocenters. The van der Waals surface area contributed by atoms with E-state index in [-0.39, 0.29) is 22.0 Å². The zero-order valence-corrected chi connectivity index (χ0v) is 25.1. The lowest BCUT2D eigenvalue weighted by Crippen LogP contribution is -2.26. The summed E-state index contributed by atoms with van der Waals surface area (Å²) in [5, 5.41) is 21.8. The fourth-order valence-corrected chi connectivity index (χ4v) is 7.03. The Bertz CT molecular complexity index is 1760. The second-order valence-electron chi connectivity index (χ2n) is 11.2. The van der Waals surface area contributed by atoms with Gasteiger partial charge in [-0.25, -0.2) is 15.0 Å². The van der Waals surface area contributed by atoms with E-state index in [1.54, 1.807) is 30.3 Å². The average molecular weight is 622 g/mol. The molecule has 12 heteroatoms. The molecule has 0 spiro atoms. The molecular formula is C31H26F3N5O2S2. The number of aliphatic imine (C=N–C) groups is 1. The SMILES string of the molecule is CC(C)(C)[C@H]1CCc2c(sc(N=Cc3cc([N+](=O)[O-])ccc3Sc3nc(-c4ccccc4)cc(C(F)(F)F)n3)c2C#N)C1. The molecule has 0 fully saturated rings. The third kappa shape index (κ3) is 6.78. The van der Waals surface area contributed by atoms with Gasteiger partial charge < -0.3 is 0 Å². The largest absolute Gasteiger partial charge is 0.433 e. The lowest BCUT2D eigenvalue weighted by molar-refractivity contribution is -0.384. The topological polar surface area (TPSA) is 105 Å². The lowest BCUT2D eigenvalue weighted by atomic mass is 9.72. The van der Waals surface area contributed by atoms with Crippen LogP contribution in [0.25, 0.3) is 11.3 Å². The predicted octanol–water partition coefficient (Wildman–Crippen LogP) is 9.06. The molecule has 1 aliphatic carbocycles. The van der Waals surface area contributed by atoms with Crippen molar-refractivity contribution in [1.29, 1.82) is 5.26 Å². The standard InChI is InChI=1S/C31H26F3N5O2S2/c1-30(2,3)20-9-11-22-23(16-35)28(42-26(22)14-20)36-17-19-13-21(39(40)41)10-12-25(19)43-29-37-24(18-7-5-4-6-8-18)15-27(38-29)31(32,33)34/h4-8,10,12-13,15,17,20H,9,11,14H2,1-3H3/t20-/m0/s1. The van der Waals surface area contributed by atoms with Crippen LogP contribution in [0.3, 0.4) is 0 Å². The third-order valence-electron chi connectivity index (χ3n) is 7.38. The van der Waals surface area contributed by atoms with Crippen LogP contribution in [0.15, 0.2) is 69.6 Å². The molecule has 0 radical (unpaired) electrons. The maximum atomic E-state index is 13.8. The van der Waals surface area contributed by atoms with Gasteiger partial charge in [0, 0.05) is 39.2 Å². The molecule has 0 N–H and O–H groups in total. The molecule has 0 amide bonds. The van der Waals surface area contributed by atoms with Gasteiger partial charge in [0.25, 0.3) is 5.69 Å². The van der Waals surface area contributed by atoms with Crippen molar-refractivity contribution in [2.75, 3.05) is 0 Å². The summed E-state index contributed by atoms with van der Waals surface area (Å²) in [6.45, 7) is 6.62. The maximum Gasteiger partial charge on any atom is 0.433 e. The number of hydrogen-bond donors (Lipinski definition) is 0. The second kappa shape index (κ2) is 11.9. The molecule has 0 aliphatic heterocycles. The molecule has 2 aromatic carbocycles. The van der Waals surface area contributed by atoms with E-state index in [4.69, 9.17) is 0 Å². The van der Waals surface area contributed by atoms with Gasteiger partial charge in [0.2, 0.25) is 0 Å². The zero-order valence-electron chi connectivity index (χ0n) is 23.5. The molecule has 0 saturated heterocycles. The number of aromatic nitrogens is 2. The number of nitro benzene ring substituents is 1. The van der Waals surface area contributed by atoms with Crippen LogP contribution >= 0.6 is 23.1 Å². The average Bonchev–Trinajstić information content (AvgIpc) is 3.32. The Balaban J connectivity index is 1.54. The van der Waals surface area contributed by atoms with Crippen LogP contribution in [0, 0.1) is 32.8 Å². The Hall–Kier alpha value is -4.08. The van der Waals surface area contributed by atoms with Gasteiger partial charge in [-0.15, -0.1) is 11.3 Å². The van der Waals surface area contributed by atoms with Crippen molar-refractivity contribution in [2.24, 2.45) is 16.3 Å². The van der Waals surface area contributed by atoms with Crippen molar-refractivity contribution in [3.8, 4) is 17.3 Å². The Kier molecular flexibility index (Phi) is 8.40. The number of non-ortho nitro benzene ring substituents is 1. The van der Waals surface area contributed by atoms with Crippen LogP contribution in [0.1, 0.15) is 54.5 Å². The highest BCUT2D eigenvalue weighted by molar-refractivity contribution is 7.99. The number of alkyl halides is 3. The molecule has 5 rings (SSSR count). The van der Waals surface area contributed by atoms with Gasteiger partial charge in [0.1, 0.15) is 16.8 Å². The first-order chi connectivity index (χ1) is 20.3. The van der Waals surface area contributed by atoms with Crippen LogP contribution in [-0.2, 0) is 19.0 Å². The zero-order chi connectivity index (χ0) is 30.9. The third-order valence-corrected chi connectivity index (χ3v) is 9.49. The summed E-state index contributed by atoms with van der Waals surface area (Å²) in [6, 6.07) is 15.6. The minimum absolute atomic E-state index is 0.0962. The van der Waals surface area contributed by atoms with Gasteiger partial charge in [-0.05, 0) is 60.1 Å². The van der Waals surface area contributed by atoms with Gasteiger partial charge >= 0.3 is 6.18 Å². The number of benzene rings is 2. The Morgan fingerprint density at radius 3 is 2.53 bits per heavy atom. The number of nitro groups is 1. The highest BCUT2D eigenvalue weighted by Crippen LogP contribution is 2.45. The minimum Gasteiger partial charge on any atom is -0.258 e. The fraction of sp³-hybridized carbons (Fsp3) is 0.290. The van der Waals surface area contributed by atoms with E-state index in [0.717, 1.165) is 47.5 Å².